The Labute approximate surface area is 236 Å². The first-order valence-electron chi connectivity index (χ1n) is 11.8. The standard InChI is InChI=1S/C26H30N2O8S4/c1-21-10-16-25(17-11-21)39(33,34)27(37(3,29)30)20-24(15-14-23-8-6-5-7-9-23)28(38(4,31)32)40(35,36)26-18-12-22(2)13-19-26/h5-19,24H,20H2,1-4H3/b15-14+. The van der Waals surface area contributed by atoms with Crippen molar-refractivity contribution in [3.63, 3.8) is 0 Å². The van der Waals surface area contributed by atoms with Crippen LogP contribution in [-0.4, -0.2) is 66.2 Å². The van der Waals surface area contributed by atoms with Crippen LogP contribution < -0.4 is 0 Å². The molecule has 0 spiro atoms. The van der Waals surface area contributed by atoms with Gasteiger partial charge in [0.25, 0.3) is 20.0 Å². The Bertz CT molecular complexity index is 1800. The normalized spacial score (nSPS) is 14.2. The summed E-state index contributed by atoms with van der Waals surface area (Å²) in [7, 11) is -18.7. The lowest BCUT2D eigenvalue weighted by atomic mass is 10.2. The van der Waals surface area contributed by atoms with Crippen molar-refractivity contribution in [3.8, 4) is 0 Å². The van der Waals surface area contributed by atoms with Gasteiger partial charge in [-0.2, -0.15) is 0 Å². The Morgan fingerprint density at radius 1 is 0.625 bits per heavy atom. The van der Waals surface area contributed by atoms with Gasteiger partial charge >= 0.3 is 0 Å². The Morgan fingerprint density at radius 3 is 1.50 bits per heavy atom. The van der Waals surface area contributed by atoms with Crippen LogP contribution >= 0.6 is 0 Å². The maximum absolute atomic E-state index is 13.7. The first-order valence-corrected chi connectivity index (χ1v) is 18.4. The van der Waals surface area contributed by atoms with Gasteiger partial charge in [-0.15, -0.1) is 0 Å². The molecule has 0 saturated carbocycles. The third-order valence-corrected chi connectivity index (χ3v) is 13.5. The smallest absolute Gasteiger partial charge is 0.212 e. The average molecular weight is 627 g/mol. The summed E-state index contributed by atoms with van der Waals surface area (Å²) in [6, 6.07) is 17.4. The largest absolute Gasteiger partial charge is 0.256 e. The minimum absolute atomic E-state index is 0.119. The van der Waals surface area contributed by atoms with Crippen molar-refractivity contribution in [2.75, 3.05) is 19.1 Å². The molecular weight excluding hydrogens is 597 g/mol. The SMILES string of the molecule is Cc1ccc(S(=O)(=O)N(CC(/C=C/c2ccccc2)N(S(C)(=O)=O)S(=O)(=O)c2ccc(C)cc2)S(C)(=O)=O)cc1. The van der Waals surface area contributed by atoms with E-state index in [1.54, 1.807) is 44.2 Å². The number of hydrogen-bond donors (Lipinski definition) is 0. The highest BCUT2D eigenvalue weighted by molar-refractivity contribution is 8.04. The molecule has 0 heterocycles. The molecule has 0 amide bonds. The lowest BCUT2D eigenvalue weighted by molar-refractivity contribution is 0.418. The Balaban J connectivity index is 2.25. The van der Waals surface area contributed by atoms with E-state index in [4.69, 9.17) is 0 Å². The number of hydrogen-bond acceptors (Lipinski definition) is 8. The zero-order valence-corrected chi connectivity index (χ0v) is 25.5. The molecule has 216 valence electrons. The first-order chi connectivity index (χ1) is 18.4. The number of nitrogens with zero attached hydrogens (tertiary/aromatic N) is 2. The average Bonchev–Trinajstić information content (AvgIpc) is 2.85. The van der Waals surface area contributed by atoms with E-state index in [-0.39, 0.29) is 17.2 Å². The van der Waals surface area contributed by atoms with E-state index in [9.17, 15) is 33.7 Å². The quantitative estimate of drug-likeness (QED) is 0.316. The van der Waals surface area contributed by atoms with Gasteiger partial charge in [0.2, 0.25) is 20.0 Å². The van der Waals surface area contributed by atoms with Crippen molar-refractivity contribution in [1.82, 2.24) is 7.42 Å². The van der Waals surface area contributed by atoms with Crippen LogP contribution in [0.25, 0.3) is 6.08 Å². The van der Waals surface area contributed by atoms with E-state index in [1.165, 1.54) is 54.6 Å². The summed E-state index contributed by atoms with van der Waals surface area (Å²) in [5.41, 5.74) is 1.99. The second kappa shape index (κ2) is 11.9. The molecule has 0 fully saturated rings. The van der Waals surface area contributed by atoms with E-state index < -0.39 is 52.7 Å². The fourth-order valence-electron chi connectivity index (χ4n) is 3.79. The predicted molar refractivity (Wildman–Crippen MR) is 154 cm³/mol. The molecule has 0 radical (unpaired) electrons. The Hall–Kier alpha value is -2.88. The van der Waals surface area contributed by atoms with Crippen molar-refractivity contribution in [1.29, 1.82) is 0 Å². The molecule has 3 rings (SSSR count). The zero-order valence-electron chi connectivity index (χ0n) is 22.2. The Kier molecular flexibility index (Phi) is 9.43. The third kappa shape index (κ3) is 7.44. The molecule has 1 atom stereocenters. The maximum atomic E-state index is 13.7. The zero-order chi connectivity index (χ0) is 29.9. The Morgan fingerprint density at radius 2 is 1.07 bits per heavy atom. The fourth-order valence-corrected chi connectivity index (χ4v) is 10.5. The van der Waals surface area contributed by atoms with Crippen LogP contribution in [0.15, 0.2) is 94.7 Å². The van der Waals surface area contributed by atoms with Crippen molar-refractivity contribution in [2.45, 2.75) is 29.7 Å². The molecule has 0 aromatic heterocycles. The van der Waals surface area contributed by atoms with Gasteiger partial charge in [-0.3, -0.25) is 0 Å². The molecule has 0 aliphatic carbocycles. The fraction of sp³-hybridized carbons (Fsp3) is 0.231. The summed E-state index contributed by atoms with van der Waals surface area (Å²) in [6.07, 6.45) is 3.86. The molecule has 0 saturated heterocycles. The van der Waals surface area contributed by atoms with Gasteiger partial charge in [0.15, 0.2) is 0 Å². The maximum Gasteiger partial charge on any atom is 0.256 e. The van der Waals surface area contributed by atoms with Crippen LogP contribution in [0, 0.1) is 13.8 Å². The molecule has 1 unspecified atom stereocenters. The van der Waals surface area contributed by atoms with Gasteiger partial charge in [0.1, 0.15) is 0 Å². The van der Waals surface area contributed by atoms with Crippen LogP contribution in [0.2, 0.25) is 0 Å². The van der Waals surface area contributed by atoms with Gasteiger partial charge < -0.3 is 0 Å². The molecule has 0 aliphatic rings. The molecule has 14 heteroatoms. The van der Waals surface area contributed by atoms with Crippen LogP contribution in [0.3, 0.4) is 0 Å². The van der Waals surface area contributed by atoms with Crippen molar-refractivity contribution in [2.24, 2.45) is 0 Å². The first kappa shape index (κ1) is 31.6. The summed E-state index contributed by atoms with van der Waals surface area (Å²) < 4.78 is 107. The molecule has 10 nitrogen and oxygen atoms in total. The lowest BCUT2D eigenvalue weighted by Gasteiger charge is -2.30. The molecule has 3 aromatic rings. The van der Waals surface area contributed by atoms with Gasteiger partial charge in [-0.1, -0.05) is 85.3 Å². The molecule has 0 bridgehead atoms. The van der Waals surface area contributed by atoms with Gasteiger partial charge in [-0.25, -0.2) is 33.7 Å². The van der Waals surface area contributed by atoms with E-state index in [2.05, 4.69) is 0 Å². The highest BCUT2D eigenvalue weighted by atomic mass is 32.3. The number of aryl methyl sites for hydroxylation is 2. The van der Waals surface area contributed by atoms with E-state index in [0.29, 0.717) is 18.1 Å². The highest BCUT2D eigenvalue weighted by Gasteiger charge is 2.42. The number of sulfonamides is 4. The predicted octanol–water partition coefficient (Wildman–Crippen LogP) is 2.99. The second-order valence-corrected chi connectivity index (χ2v) is 17.1. The summed E-state index contributed by atoms with van der Waals surface area (Å²) in [4.78, 5) is -0.726. The summed E-state index contributed by atoms with van der Waals surface area (Å²) in [5.74, 6) is 0. The molecular formula is C26H30N2O8S4. The molecule has 3 aromatic carbocycles. The van der Waals surface area contributed by atoms with Gasteiger partial charge in [0.05, 0.1) is 34.9 Å². The second-order valence-electron chi connectivity index (χ2n) is 9.18. The van der Waals surface area contributed by atoms with Crippen molar-refractivity contribution < 1.29 is 33.7 Å². The summed E-state index contributed by atoms with van der Waals surface area (Å²) in [5, 5.41) is 0. The topological polar surface area (TPSA) is 143 Å². The molecule has 40 heavy (non-hydrogen) atoms. The van der Waals surface area contributed by atoms with Crippen molar-refractivity contribution in [3.05, 3.63) is 102 Å². The van der Waals surface area contributed by atoms with E-state index in [0.717, 1.165) is 17.2 Å². The minimum atomic E-state index is -4.81. The van der Waals surface area contributed by atoms with Gasteiger partial charge in [-0.05, 0) is 43.7 Å². The monoisotopic (exact) mass is 626 g/mol. The lowest BCUT2D eigenvalue weighted by Crippen LogP contribution is -2.50. The highest BCUT2D eigenvalue weighted by Crippen LogP contribution is 2.27. The van der Waals surface area contributed by atoms with Crippen molar-refractivity contribution >= 4 is 46.2 Å². The molecule has 0 N–H and O–H groups in total. The van der Waals surface area contributed by atoms with E-state index >= 15 is 0 Å². The van der Waals surface area contributed by atoms with Crippen LogP contribution in [-0.2, 0) is 40.1 Å². The van der Waals surface area contributed by atoms with Gasteiger partial charge in [0, 0.05) is 0 Å². The van der Waals surface area contributed by atoms with E-state index in [1.807, 2.05) is 0 Å². The van der Waals surface area contributed by atoms with Crippen LogP contribution in [0.1, 0.15) is 16.7 Å². The van der Waals surface area contributed by atoms with Crippen LogP contribution in [0.4, 0.5) is 0 Å². The third-order valence-electron chi connectivity index (χ3n) is 5.76. The minimum Gasteiger partial charge on any atom is -0.212 e. The number of benzene rings is 3. The van der Waals surface area contributed by atoms with Crippen LogP contribution in [0.5, 0.6) is 0 Å². The summed E-state index contributed by atoms with van der Waals surface area (Å²) >= 11 is 0. The summed E-state index contributed by atoms with van der Waals surface area (Å²) in [6.45, 7) is 2.39. The molecule has 0 aliphatic heterocycles. The number of rotatable bonds is 11.